The van der Waals surface area contributed by atoms with Gasteiger partial charge in [0.1, 0.15) is 10.8 Å². The van der Waals surface area contributed by atoms with Crippen molar-refractivity contribution in [2.75, 3.05) is 6.79 Å². The molecule has 0 fully saturated rings. The molecule has 5 nitrogen and oxygen atoms in total. The van der Waals surface area contributed by atoms with E-state index in [2.05, 4.69) is 4.98 Å². The molecule has 2 aromatic heterocycles. The van der Waals surface area contributed by atoms with Crippen molar-refractivity contribution in [2.24, 2.45) is 5.73 Å². The fourth-order valence-corrected chi connectivity index (χ4v) is 2.67. The molecule has 1 aromatic carbocycles. The Hall–Kier alpha value is -2.60. The molecule has 0 radical (unpaired) electrons. The van der Waals surface area contributed by atoms with Gasteiger partial charge in [0.2, 0.25) is 6.79 Å². The van der Waals surface area contributed by atoms with Gasteiger partial charge in [0.15, 0.2) is 11.5 Å². The molecular formula is C15H11N3O2S. The SMILES string of the molecule is NC(=S)c1cccn1-c1nccc2cc3c(cc12)OCO3. The Morgan fingerprint density at radius 2 is 2.05 bits per heavy atom. The molecule has 6 heteroatoms. The Bertz CT molecular complexity index is 872. The number of thiocarbonyl (C=S) groups is 1. The Morgan fingerprint density at radius 3 is 2.86 bits per heavy atom. The molecule has 104 valence electrons. The number of rotatable bonds is 2. The molecule has 1 aliphatic heterocycles. The monoisotopic (exact) mass is 297 g/mol. The summed E-state index contributed by atoms with van der Waals surface area (Å²) in [7, 11) is 0. The summed E-state index contributed by atoms with van der Waals surface area (Å²) >= 11 is 5.09. The maximum absolute atomic E-state index is 5.77. The Kier molecular flexibility index (Phi) is 2.58. The summed E-state index contributed by atoms with van der Waals surface area (Å²) < 4.78 is 12.7. The summed E-state index contributed by atoms with van der Waals surface area (Å²) in [4.78, 5) is 4.80. The fourth-order valence-electron chi connectivity index (χ4n) is 2.51. The molecule has 0 amide bonds. The number of hydrogen-bond acceptors (Lipinski definition) is 4. The highest BCUT2D eigenvalue weighted by atomic mass is 32.1. The first kappa shape index (κ1) is 12.2. The molecular weight excluding hydrogens is 286 g/mol. The first-order valence-electron chi connectivity index (χ1n) is 6.40. The van der Waals surface area contributed by atoms with E-state index >= 15 is 0 Å². The zero-order valence-corrected chi connectivity index (χ0v) is 11.8. The number of hydrogen-bond donors (Lipinski definition) is 1. The number of nitrogens with two attached hydrogens (primary N) is 1. The third kappa shape index (κ3) is 1.84. The summed E-state index contributed by atoms with van der Waals surface area (Å²) in [5.41, 5.74) is 6.52. The van der Waals surface area contributed by atoms with Crippen LogP contribution in [0.25, 0.3) is 16.6 Å². The fraction of sp³-hybridized carbons (Fsp3) is 0.0667. The molecule has 0 saturated heterocycles. The van der Waals surface area contributed by atoms with Crippen molar-refractivity contribution in [3.05, 3.63) is 48.4 Å². The molecule has 3 heterocycles. The van der Waals surface area contributed by atoms with Crippen LogP contribution in [0.5, 0.6) is 11.5 Å². The van der Waals surface area contributed by atoms with Crippen LogP contribution in [0.15, 0.2) is 42.7 Å². The highest BCUT2D eigenvalue weighted by Crippen LogP contribution is 2.37. The largest absolute Gasteiger partial charge is 0.454 e. The van der Waals surface area contributed by atoms with Crippen LogP contribution >= 0.6 is 12.2 Å². The first-order chi connectivity index (χ1) is 10.2. The van der Waals surface area contributed by atoms with Crippen LogP contribution in [-0.2, 0) is 0 Å². The number of nitrogens with zero attached hydrogens (tertiary/aromatic N) is 2. The van der Waals surface area contributed by atoms with E-state index in [1.807, 2.05) is 41.1 Å². The van der Waals surface area contributed by atoms with E-state index < -0.39 is 0 Å². The quantitative estimate of drug-likeness (QED) is 0.736. The summed E-state index contributed by atoms with van der Waals surface area (Å²) in [5, 5.41) is 1.97. The van der Waals surface area contributed by atoms with Crippen LogP contribution < -0.4 is 15.2 Å². The van der Waals surface area contributed by atoms with E-state index in [1.165, 1.54) is 0 Å². The normalized spacial score (nSPS) is 12.8. The molecule has 0 bridgehead atoms. The molecule has 0 saturated carbocycles. The number of benzene rings is 1. The van der Waals surface area contributed by atoms with Crippen molar-refractivity contribution in [1.82, 2.24) is 9.55 Å². The standard InChI is InChI=1S/C15H11N3O2S/c16-14(21)11-2-1-5-18(11)15-10-7-13-12(19-8-20-13)6-9(10)3-4-17-15/h1-7H,8H2,(H2,16,21). The second-order valence-electron chi connectivity index (χ2n) is 4.69. The third-order valence-electron chi connectivity index (χ3n) is 3.47. The van der Waals surface area contributed by atoms with Gasteiger partial charge in [0, 0.05) is 17.8 Å². The van der Waals surface area contributed by atoms with E-state index in [4.69, 9.17) is 27.4 Å². The lowest BCUT2D eigenvalue weighted by atomic mass is 10.1. The van der Waals surface area contributed by atoms with E-state index in [0.29, 0.717) is 4.99 Å². The number of aromatic nitrogens is 2. The van der Waals surface area contributed by atoms with Gasteiger partial charge in [-0.3, -0.25) is 4.57 Å². The Balaban J connectivity index is 2.01. The van der Waals surface area contributed by atoms with Gasteiger partial charge in [-0.15, -0.1) is 0 Å². The number of pyridine rings is 1. The molecule has 3 aromatic rings. The smallest absolute Gasteiger partial charge is 0.231 e. The van der Waals surface area contributed by atoms with E-state index in [0.717, 1.165) is 33.8 Å². The van der Waals surface area contributed by atoms with E-state index in [-0.39, 0.29) is 6.79 Å². The predicted molar refractivity (Wildman–Crippen MR) is 83.1 cm³/mol. The van der Waals surface area contributed by atoms with Crippen LogP contribution in [0.3, 0.4) is 0 Å². The second kappa shape index (κ2) is 4.46. The van der Waals surface area contributed by atoms with Crippen molar-refractivity contribution in [3.63, 3.8) is 0 Å². The lowest BCUT2D eigenvalue weighted by molar-refractivity contribution is 0.174. The minimum absolute atomic E-state index is 0.246. The molecule has 0 aliphatic carbocycles. The van der Waals surface area contributed by atoms with Crippen molar-refractivity contribution in [3.8, 4) is 17.3 Å². The Labute approximate surface area is 125 Å². The van der Waals surface area contributed by atoms with Gasteiger partial charge in [-0.1, -0.05) is 12.2 Å². The van der Waals surface area contributed by atoms with Gasteiger partial charge in [-0.25, -0.2) is 4.98 Å². The molecule has 0 spiro atoms. The maximum atomic E-state index is 5.77. The molecule has 2 N–H and O–H groups in total. The highest BCUT2D eigenvalue weighted by molar-refractivity contribution is 7.80. The molecule has 1 aliphatic rings. The van der Waals surface area contributed by atoms with Crippen LogP contribution in [0.2, 0.25) is 0 Å². The van der Waals surface area contributed by atoms with Gasteiger partial charge < -0.3 is 15.2 Å². The maximum Gasteiger partial charge on any atom is 0.231 e. The van der Waals surface area contributed by atoms with Crippen LogP contribution in [0, 0.1) is 0 Å². The summed E-state index contributed by atoms with van der Waals surface area (Å²) in [6, 6.07) is 9.58. The minimum Gasteiger partial charge on any atom is -0.454 e. The van der Waals surface area contributed by atoms with Gasteiger partial charge in [-0.2, -0.15) is 0 Å². The molecule has 21 heavy (non-hydrogen) atoms. The average Bonchev–Trinajstić information content (AvgIpc) is 3.12. The number of ether oxygens (including phenoxy) is 2. The highest BCUT2D eigenvalue weighted by Gasteiger charge is 2.17. The van der Waals surface area contributed by atoms with Crippen LogP contribution in [0.4, 0.5) is 0 Å². The van der Waals surface area contributed by atoms with Gasteiger partial charge in [0.25, 0.3) is 0 Å². The minimum atomic E-state index is 0.246. The molecule has 0 atom stereocenters. The first-order valence-corrected chi connectivity index (χ1v) is 6.81. The van der Waals surface area contributed by atoms with Crippen molar-refractivity contribution in [1.29, 1.82) is 0 Å². The Morgan fingerprint density at radius 1 is 1.24 bits per heavy atom. The third-order valence-corrected chi connectivity index (χ3v) is 3.68. The predicted octanol–water partition coefficient (Wildman–Crippen LogP) is 2.39. The summed E-state index contributed by atoms with van der Waals surface area (Å²) in [6.45, 7) is 0.246. The van der Waals surface area contributed by atoms with Crippen LogP contribution in [-0.4, -0.2) is 21.3 Å². The van der Waals surface area contributed by atoms with Gasteiger partial charge in [0.05, 0.1) is 5.69 Å². The second-order valence-corrected chi connectivity index (χ2v) is 5.13. The van der Waals surface area contributed by atoms with Gasteiger partial charge >= 0.3 is 0 Å². The lowest BCUT2D eigenvalue weighted by Gasteiger charge is -2.11. The number of fused-ring (bicyclic) bond motifs is 2. The topological polar surface area (TPSA) is 62.3 Å². The van der Waals surface area contributed by atoms with Crippen LogP contribution in [0.1, 0.15) is 5.69 Å². The van der Waals surface area contributed by atoms with Gasteiger partial charge in [-0.05, 0) is 35.7 Å². The summed E-state index contributed by atoms with van der Waals surface area (Å²) in [5.74, 6) is 2.24. The van der Waals surface area contributed by atoms with Crippen molar-refractivity contribution in [2.45, 2.75) is 0 Å². The molecule has 4 rings (SSSR count). The van der Waals surface area contributed by atoms with Crippen molar-refractivity contribution >= 4 is 28.0 Å². The van der Waals surface area contributed by atoms with E-state index in [9.17, 15) is 0 Å². The lowest BCUT2D eigenvalue weighted by Crippen LogP contribution is -2.15. The average molecular weight is 297 g/mol. The van der Waals surface area contributed by atoms with Crippen molar-refractivity contribution < 1.29 is 9.47 Å². The zero-order chi connectivity index (χ0) is 14.4. The molecule has 0 unspecified atom stereocenters. The zero-order valence-electron chi connectivity index (χ0n) is 10.9. The van der Waals surface area contributed by atoms with E-state index in [1.54, 1.807) is 6.20 Å². The summed E-state index contributed by atoms with van der Waals surface area (Å²) in [6.07, 6.45) is 3.64.